The molecule has 0 aromatic heterocycles. The van der Waals surface area contributed by atoms with Crippen molar-refractivity contribution in [3.05, 3.63) is 29.3 Å². The van der Waals surface area contributed by atoms with E-state index in [1.165, 1.54) is 5.56 Å². The topological polar surface area (TPSA) is 55.1 Å². The summed E-state index contributed by atoms with van der Waals surface area (Å²) >= 11 is 0. The maximum absolute atomic E-state index is 11.7. The van der Waals surface area contributed by atoms with E-state index >= 15 is 0 Å². The summed E-state index contributed by atoms with van der Waals surface area (Å²) in [7, 11) is 0. The number of benzene rings is 1. The number of nitrogens with one attached hydrogen (secondary N) is 1. The van der Waals surface area contributed by atoms with Crippen molar-refractivity contribution in [3.63, 3.8) is 0 Å². The average Bonchev–Trinajstić information content (AvgIpc) is 2.22. The Hall–Kier alpha value is -1.06. The molecule has 1 rings (SSSR count). The van der Waals surface area contributed by atoms with E-state index in [9.17, 15) is 4.79 Å². The Kier molecular flexibility index (Phi) is 6.85. The molecule has 0 saturated carbocycles. The first-order valence-electron chi connectivity index (χ1n) is 5.68. The minimum atomic E-state index is -0.411. The minimum Gasteiger partial charge on any atom is -0.324 e. The van der Waals surface area contributed by atoms with Gasteiger partial charge in [-0.25, -0.2) is 0 Å². The molecule has 1 aromatic carbocycles. The van der Waals surface area contributed by atoms with Gasteiger partial charge in [0.15, 0.2) is 0 Å². The number of amides is 1. The Morgan fingerprint density at radius 2 is 2.06 bits per heavy atom. The van der Waals surface area contributed by atoms with Crippen LogP contribution in [-0.4, -0.2) is 11.9 Å². The summed E-state index contributed by atoms with van der Waals surface area (Å²) in [5.41, 5.74) is 8.85. The van der Waals surface area contributed by atoms with Crippen molar-refractivity contribution >= 4 is 24.0 Å². The lowest BCUT2D eigenvalue weighted by Crippen LogP contribution is -2.35. The molecule has 96 valence electrons. The molecule has 1 atom stereocenters. The fraction of sp³-hybridized carbons (Fsp3) is 0.462. The van der Waals surface area contributed by atoms with Crippen LogP contribution in [0.25, 0.3) is 0 Å². The van der Waals surface area contributed by atoms with Crippen LogP contribution in [0.2, 0.25) is 0 Å². The van der Waals surface area contributed by atoms with Gasteiger partial charge in [0.25, 0.3) is 0 Å². The molecule has 0 radical (unpaired) electrons. The Bertz CT molecular complexity index is 380. The first-order chi connectivity index (χ1) is 7.54. The van der Waals surface area contributed by atoms with Crippen LogP contribution in [0.3, 0.4) is 0 Å². The van der Waals surface area contributed by atoms with E-state index in [1.54, 1.807) is 0 Å². The zero-order chi connectivity index (χ0) is 12.1. The molecule has 1 unspecified atom stereocenters. The van der Waals surface area contributed by atoms with Gasteiger partial charge in [-0.15, -0.1) is 12.4 Å². The van der Waals surface area contributed by atoms with E-state index in [1.807, 2.05) is 39.0 Å². The molecule has 0 aliphatic rings. The van der Waals surface area contributed by atoms with Crippen LogP contribution in [0.1, 0.15) is 30.9 Å². The molecule has 0 bridgehead atoms. The summed E-state index contributed by atoms with van der Waals surface area (Å²) in [4.78, 5) is 11.7. The Balaban J connectivity index is 0.00000256. The first-order valence-corrected chi connectivity index (χ1v) is 5.68. The second-order valence-electron chi connectivity index (χ2n) is 4.20. The Morgan fingerprint density at radius 3 is 2.59 bits per heavy atom. The number of carbonyl (C=O) groups is 1. The van der Waals surface area contributed by atoms with E-state index in [-0.39, 0.29) is 18.3 Å². The molecular formula is C13H21ClN2O. The molecule has 0 aliphatic heterocycles. The SMILES string of the molecule is CCCC(N)C(=O)Nc1ccc(C)cc1C.Cl. The van der Waals surface area contributed by atoms with Crippen LogP contribution in [-0.2, 0) is 4.79 Å². The van der Waals surface area contributed by atoms with Crippen LogP contribution in [0, 0.1) is 13.8 Å². The largest absolute Gasteiger partial charge is 0.324 e. The third kappa shape index (κ3) is 4.75. The Morgan fingerprint density at radius 1 is 1.41 bits per heavy atom. The molecular weight excluding hydrogens is 236 g/mol. The predicted octanol–water partition coefficient (Wildman–Crippen LogP) is 2.79. The van der Waals surface area contributed by atoms with E-state index in [4.69, 9.17) is 5.73 Å². The molecule has 0 fully saturated rings. The molecule has 1 aromatic rings. The van der Waals surface area contributed by atoms with Gasteiger partial charge in [0, 0.05) is 5.69 Å². The van der Waals surface area contributed by atoms with Gasteiger partial charge in [-0.2, -0.15) is 0 Å². The van der Waals surface area contributed by atoms with Gasteiger partial charge in [-0.1, -0.05) is 31.0 Å². The number of nitrogens with two attached hydrogens (primary N) is 1. The van der Waals surface area contributed by atoms with Crippen molar-refractivity contribution in [2.45, 2.75) is 39.7 Å². The summed E-state index contributed by atoms with van der Waals surface area (Å²) in [6.07, 6.45) is 1.64. The molecule has 0 saturated heterocycles. The number of aryl methyl sites for hydroxylation is 2. The van der Waals surface area contributed by atoms with E-state index in [0.29, 0.717) is 0 Å². The van der Waals surface area contributed by atoms with Gasteiger partial charge in [0.1, 0.15) is 0 Å². The predicted molar refractivity (Wildman–Crippen MR) is 74.7 cm³/mol. The standard InChI is InChI=1S/C13H20N2O.ClH/c1-4-5-11(14)13(16)15-12-7-6-9(2)8-10(12)3;/h6-8,11H,4-5,14H2,1-3H3,(H,15,16);1H. The molecule has 17 heavy (non-hydrogen) atoms. The highest BCUT2D eigenvalue weighted by molar-refractivity contribution is 5.95. The molecule has 0 heterocycles. The molecule has 1 amide bonds. The fourth-order valence-electron chi connectivity index (χ4n) is 1.62. The van der Waals surface area contributed by atoms with Crippen molar-refractivity contribution in [3.8, 4) is 0 Å². The summed E-state index contributed by atoms with van der Waals surface area (Å²) in [6, 6.07) is 5.53. The first kappa shape index (κ1) is 15.9. The number of carbonyl (C=O) groups excluding carboxylic acids is 1. The average molecular weight is 257 g/mol. The highest BCUT2D eigenvalue weighted by Crippen LogP contribution is 2.16. The van der Waals surface area contributed by atoms with Crippen LogP contribution in [0.15, 0.2) is 18.2 Å². The van der Waals surface area contributed by atoms with Crippen molar-refractivity contribution in [1.29, 1.82) is 0 Å². The molecule has 3 N–H and O–H groups in total. The summed E-state index contributed by atoms with van der Waals surface area (Å²) in [6.45, 7) is 6.03. The van der Waals surface area contributed by atoms with Gasteiger partial charge in [-0.3, -0.25) is 4.79 Å². The van der Waals surface area contributed by atoms with Crippen molar-refractivity contribution in [1.82, 2.24) is 0 Å². The van der Waals surface area contributed by atoms with Crippen molar-refractivity contribution in [2.75, 3.05) is 5.32 Å². The number of anilines is 1. The van der Waals surface area contributed by atoms with E-state index in [2.05, 4.69) is 5.32 Å². The monoisotopic (exact) mass is 256 g/mol. The second kappa shape index (κ2) is 7.30. The highest BCUT2D eigenvalue weighted by atomic mass is 35.5. The highest BCUT2D eigenvalue weighted by Gasteiger charge is 2.12. The molecule has 0 spiro atoms. The zero-order valence-corrected chi connectivity index (χ0v) is 11.4. The minimum absolute atomic E-state index is 0. The summed E-state index contributed by atoms with van der Waals surface area (Å²) in [5, 5.41) is 2.86. The lowest BCUT2D eigenvalue weighted by Gasteiger charge is -2.13. The zero-order valence-electron chi connectivity index (χ0n) is 10.6. The van der Waals surface area contributed by atoms with Crippen LogP contribution >= 0.6 is 12.4 Å². The summed E-state index contributed by atoms with van der Waals surface area (Å²) in [5.74, 6) is -0.103. The Labute approximate surface area is 109 Å². The third-order valence-electron chi connectivity index (χ3n) is 2.58. The van der Waals surface area contributed by atoms with Crippen LogP contribution in [0.4, 0.5) is 5.69 Å². The van der Waals surface area contributed by atoms with E-state index in [0.717, 1.165) is 24.1 Å². The third-order valence-corrected chi connectivity index (χ3v) is 2.58. The van der Waals surface area contributed by atoms with Crippen LogP contribution in [0.5, 0.6) is 0 Å². The van der Waals surface area contributed by atoms with Gasteiger partial charge in [0.2, 0.25) is 5.91 Å². The normalized spacial score (nSPS) is 11.5. The van der Waals surface area contributed by atoms with Gasteiger partial charge in [-0.05, 0) is 31.9 Å². The van der Waals surface area contributed by atoms with Crippen LogP contribution < -0.4 is 11.1 Å². The molecule has 3 nitrogen and oxygen atoms in total. The lowest BCUT2D eigenvalue weighted by molar-refractivity contribution is -0.117. The van der Waals surface area contributed by atoms with E-state index < -0.39 is 6.04 Å². The number of hydrogen-bond donors (Lipinski definition) is 2. The molecule has 4 heteroatoms. The fourth-order valence-corrected chi connectivity index (χ4v) is 1.62. The quantitative estimate of drug-likeness (QED) is 0.870. The second-order valence-corrected chi connectivity index (χ2v) is 4.20. The smallest absolute Gasteiger partial charge is 0.241 e. The summed E-state index contributed by atoms with van der Waals surface area (Å²) < 4.78 is 0. The van der Waals surface area contributed by atoms with Gasteiger partial charge in [0.05, 0.1) is 6.04 Å². The van der Waals surface area contributed by atoms with Crippen molar-refractivity contribution < 1.29 is 4.79 Å². The maximum atomic E-state index is 11.7. The number of rotatable bonds is 4. The molecule has 0 aliphatic carbocycles. The number of halogens is 1. The van der Waals surface area contributed by atoms with Gasteiger partial charge >= 0.3 is 0 Å². The van der Waals surface area contributed by atoms with Crippen molar-refractivity contribution in [2.24, 2.45) is 5.73 Å². The number of hydrogen-bond acceptors (Lipinski definition) is 2. The lowest BCUT2D eigenvalue weighted by atomic mass is 10.1. The van der Waals surface area contributed by atoms with Gasteiger partial charge < -0.3 is 11.1 Å². The maximum Gasteiger partial charge on any atom is 0.241 e.